The predicted octanol–water partition coefficient (Wildman–Crippen LogP) is 5.28. The molecule has 1 aromatic heterocycles. The standard InChI is InChI=1S/C12H10Br3NS/c13-9-4-2-1-3-7(9)5-10(16)8-6-11(14)17-12(8)15/h1-4,6,10H,5,16H2. The van der Waals surface area contributed by atoms with Crippen LogP contribution < -0.4 is 5.73 Å². The van der Waals surface area contributed by atoms with Crippen molar-refractivity contribution in [3.05, 3.63) is 53.5 Å². The van der Waals surface area contributed by atoms with Gasteiger partial charge in [0.15, 0.2) is 0 Å². The lowest BCUT2D eigenvalue weighted by Crippen LogP contribution is -2.13. The summed E-state index contributed by atoms with van der Waals surface area (Å²) in [6, 6.07) is 10.3. The van der Waals surface area contributed by atoms with Crippen LogP contribution in [0, 0.1) is 0 Å². The summed E-state index contributed by atoms with van der Waals surface area (Å²) in [5.41, 5.74) is 8.63. The lowest BCUT2D eigenvalue weighted by Gasteiger charge is -2.12. The molecule has 1 unspecified atom stereocenters. The summed E-state index contributed by atoms with van der Waals surface area (Å²) in [5, 5.41) is 0. The molecule has 1 atom stereocenters. The van der Waals surface area contributed by atoms with Crippen molar-refractivity contribution < 1.29 is 0 Å². The Bertz CT molecular complexity index is 524. The molecule has 2 rings (SSSR count). The van der Waals surface area contributed by atoms with Gasteiger partial charge in [-0.25, -0.2) is 0 Å². The van der Waals surface area contributed by atoms with Crippen molar-refractivity contribution in [1.29, 1.82) is 0 Å². The summed E-state index contributed by atoms with van der Waals surface area (Å²) in [7, 11) is 0. The molecule has 0 radical (unpaired) electrons. The molecule has 1 heterocycles. The van der Waals surface area contributed by atoms with Crippen molar-refractivity contribution in [2.45, 2.75) is 12.5 Å². The molecule has 0 saturated heterocycles. The van der Waals surface area contributed by atoms with Crippen molar-refractivity contribution in [2.75, 3.05) is 0 Å². The number of thiophene rings is 1. The molecule has 0 saturated carbocycles. The molecule has 1 nitrogen and oxygen atoms in total. The maximum absolute atomic E-state index is 6.25. The van der Waals surface area contributed by atoms with E-state index in [1.165, 1.54) is 5.56 Å². The first kappa shape index (κ1) is 13.7. The van der Waals surface area contributed by atoms with Crippen LogP contribution in [0.4, 0.5) is 0 Å². The van der Waals surface area contributed by atoms with E-state index in [1.807, 2.05) is 18.2 Å². The Morgan fingerprint density at radius 3 is 2.47 bits per heavy atom. The molecule has 0 aliphatic rings. The van der Waals surface area contributed by atoms with E-state index in [4.69, 9.17) is 5.73 Å². The molecule has 0 aliphatic carbocycles. The van der Waals surface area contributed by atoms with Crippen LogP contribution >= 0.6 is 59.1 Å². The molecule has 5 heteroatoms. The minimum absolute atomic E-state index is 0.00521. The zero-order chi connectivity index (χ0) is 12.4. The molecular weight excluding hydrogens is 430 g/mol. The second-order valence-electron chi connectivity index (χ2n) is 3.68. The maximum atomic E-state index is 6.25. The number of benzene rings is 1. The zero-order valence-corrected chi connectivity index (χ0v) is 14.4. The van der Waals surface area contributed by atoms with Crippen molar-refractivity contribution >= 4 is 59.1 Å². The van der Waals surface area contributed by atoms with E-state index in [2.05, 4.69) is 59.9 Å². The first-order valence-corrected chi connectivity index (χ1v) is 8.21. The van der Waals surface area contributed by atoms with Gasteiger partial charge >= 0.3 is 0 Å². The summed E-state index contributed by atoms with van der Waals surface area (Å²) in [6.45, 7) is 0. The van der Waals surface area contributed by atoms with Gasteiger partial charge in [0.25, 0.3) is 0 Å². The van der Waals surface area contributed by atoms with Gasteiger partial charge < -0.3 is 5.73 Å². The highest BCUT2D eigenvalue weighted by Gasteiger charge is 2.14. The van der Waals surface area contributed by atoms with Crippen LogP contribution in [0.15, 0.2) is 42.4 Å². The van der Waals surface area contributed by atoms with Gasteiger partial charge in [-0.05, 0) is 61.5 Å². The van der Waals surface area contributed by atoms with Gasteiger partial charge in [-0.1, -0.05) is 34.1 Å². The first-order valence-electron chi connectivity index (χ1n) is 5.01. The fraction of sp³-hybridized carbons (Fsp3) is 0.167. The Hall–Kier alpha value is 0.320. The second-order valence-corrected chi connectivity index (χ2v) is 8.29. The van der Waals surface area contributed by atoms with Gasteiger partial charge in [-0.2, -0.15) is 0 Å². The quantitative estimate of drug-likeness (QED) is 0.691. The molecule has 0 aliphatic heterocycles. The zero-order valence-electron chi connectivity index (χ0n) is 8.79. The maximum Gasteiger partial charge on any atom is 0.0758 e. The summed E-state index contributed by atoms with van der Waals surface area (Å²) >= 11 is 12.2. The average molecular weight is 440 g/mol. The number of rotatable bonds is 3. The lowest BCUT2D eigenvalue weighted by atomic mass is 10.0. The van der Waals surface area contributed by atoms with Gasteiger partial charge in [0, 0.05) is 10.5 Å². The molecule has 0 spiro atoms. The fourth-order valence-corrected chi connectivity index (χ4v) is 5.06. The van der Waals surface area contributed by atoms with E-state index < -0.39 is 0 Å². The Morgan fingerprint density at radius 2 is 1.88 bits per heavy atom. The molecule has 90 valence electrons. The molecule has 2 aromatic rings. The van der Waals surface area contributed by atoms with Crippen LogP contribution in [0.2, 0.25) is 0 Å². The normalized spacial score (nSPS) is 12.7. The topological polar surface area (TPSA) is 26.0 Å². The van der Waals surface area contributed by atoms with Crippen LogP contribution in [-0.2, 0) is 6.42 Å². The number of nitrogens with two attached hydrogens (primary N) is 1. The Kier molecular flexibility index (Phi) is 4.83. The van der Waals surface area contributed by atoms with Crippen LogP contribution in [0.3, 0.4) is 0 Å². The minimum atomic E-state index is 0.00521. The Labute approximate surface area is 130 Å². The van der Waals surface area contributed by atoms with Crippen LogP contribution in [0.25, 0.3) is 0 Å². The highest BCUT2D eigenvalue weighted by atomic mass is 79.9. The van der Waals surface area contributed by atoms with Gasteiger partial charge in [0.05, 0.1) is 7.57 Å². The third-order valence-electron chi connectivity index (χ3n) is 2.48. The molecular formula is C12H10Br3NS. The van der Waals surface area contributed by atoms with E-state index in [1.54, 1.807) is 11.3 Å². The summed E-state index contributed by atoms with van der Waals surface area (Å²) < 4.78 is 3.31. The van der Waals surface area contributed by atoms with Crippen LogP contribution in [-0.4, -0.2) is 0 Å². The van der Waals surface area contributed by atoms with E-state index in [0.717, 1.165) is 24.0 Å². The van der Waals surface area contributed by atoms with Crippen molar-refractivity contribution in [3.8, 4) is 0 Å². The molecule has 2 N–H and O–H groups in total. The third kappa shape index (κ3) is 3.41. The van der Waals surface area contributed by atoms with Crippen LogP contribution in [0.1, 0.15) is 17.2 Å². The molecule has 0 amide bonds. The Balaban J connectivity index is 2.20. The number of halogens is 3. The second kappa shape index (κ2) is 5.97. The van der Waals surface area contributed by atoms with Crippen LogP contribution in [0.5, 0.6) is 0 Å². The summed E-state index contributed by atoms with van der Waals surface area (Å²) in [5.74, 6) is 0. The monoisotopic (exact) mass is 437 g/mol. The van der Waals surface area contributed by atoms with E-state index in [-0.39, 0.29) is 6.04 Å². The van der Waals surface area contributed by atoms with Gasteiger partial charge in [0.2, 0.25) is 0 Å². The van der Waals surface area contributed by atoms with Crippen molar-refractivity contribution in [3.63, 3.8) is 0 Å². The molecule has 0 fully saturated rings. The number of hydrogen-bond donors (Lipinski definition) is 1. The average Bonchev–Trinajstić information content (AvgIpc) is 2.61. The molecule has 0 bridgehead atoms. The lowest BCUT2D eigenvalue weighted by molar-refractivity contribution is 0.720. The Morgan fingerprint density at radius 1 is 1.18 bits per heavy atom. The molecule has 1 aromatic carbocycles. The van der Waals surface area contributed by atoms with Crippen molar-refractivity contribution in [1.82, 2.24) is 0 Å². The SMILES string of the molecule is NC(Cc1ccccc1Br)c1cc(Br)sc1Br. The molecule has 17 heavy (non-hydrogen) atoms. The smallest absolute Gasteiger partial charge is 0.0758 e. The van der Waals surface area contributed by atoms with Gasteiger partial charge in [0.1, 0.15) is 0 Å². The largest absolute Gasteiger partial charge is 0.324 e. The summed E-state index contributed by atoms with van der Waals surface area (Å²) in [4.78, 5) is 0. The summed E-state index contributed by atoms with van der Waals surface area (Å²) in [6.07, 6.45) is 0.823. The van der Waals surface area contributed by atoms with Crippen molar-refractivity contribution in [2.24, 2.45) is 5.73 Å². The predicted molar refractivity (Wildman–Crippen MR) is 84.5 cm³/mol. The van der Waals surface area contributed by atoms with E-state index in [9.17, 15) is 0 Å². The van der Waals surface area contributed by atoms with Gasteiger partial charge in [-0.3, -0.25) is 0 Å². The first-order chi connectivity index (χ1) is 8.08. The van der Waals surface area contributed by atoms with E-state index >= 15 is 0 Å². The fourth-order valence-electron chi connectivity index (χ4n) is 1.62. The third-order valence-corrected chi connectivity index (χ3v) is 5.64. The highest BCUT2D eigenvalue weighted by Crippen LogP contribution is 2.36. The number of hydrogen-bond acceptors (Lipinski definition) is 2. The minimum Gasteiger partial charge on any atom is -0.324 e. The van der Waals surface area contributed by atoms with Gasteiger partial charge in [-0.15, -0.1) is 11.3 Å². The highest BCUT2D eigenvalue weighted by molar-refractivity contribution is 9.12. The van der Waals surface area contributed by atoms with E-state index in [0.29, 0.717) is 0 Å².